The van der Waals surface area contributed by atoms with E-state index in [-0.39, 0.29) is 0 Å². The van der Waals surface area contributed by atoms with E-state index in [0.717, 1.165) is 63.8 Å². The molecule has 2 aliphatic rings. The van der Waals surface area contributed by atoms with Crippen LogP contribution >= 0.6 is 0 Å². The maximum absolute atomic E-state index is 5.88. The Bertz CT molecular complexity index is 661. The van der Waals surface area contributed by atoms with Crippen molar-refractivity contribution < 1.29 is 14.2 Å². The lowest BCUT2D eigenvalue weighted by atomic mass is 9.99. The van der Waals surface area contributed by atoms with Gasteiger partial charge in [-0.1, -0.05) is 12.1 Å². The van der Waals surface area contributed by atoms with Gasteiger partial charge in [0.2, 0.25) is 0 Å². The quantitative estimate of drug-likeness (QED) is 0.800. The number of rotatable bonds is 6. The van der Waals surface area contributed by atoms with Crippen molar-refractivity contribution in [2.75, 3.05) is 26.4 Å². The summed E-state index contributed by atoms with van der Waals surface area (Å²) in [6.45, 7) is 4.55. The Morgan fingerprint density at radius 2 is 1.84 bits per heavy atom. The molecule has 1 aromatic heterocycles. The van der Waals surface area contributed by atoms with E-state index >= 15 is 0 Å². The van der Waals surface area contributed by atoms with Crippen molar-refractivity contribution in [3.63, 3.8) is 0 Å². The SMILES string of the molecule is c1cc(C2CCOC2)ccc1OCc1nnnn1CC1CCOCC1. The minimum Gasteiger partial charge on any atom is -0.486 e. The van der Waals surface area contributed by atoms with E-state index in [1.165, 1.54) is 5.56 Å². The van der Waals surface area contributed by atoms with Crippen molar-refractivity contribution in [2.24, 2.45) is 5.92 Å². The molecule has 7 nitrogen and oxygen atoms in total. The molecule has 0 spiro atoms. The van der Waals surface area contributed by atoms with Gasteiger partial charge in [0.05, 0.1) is 6.61 Å². The molecule has 134 valence electrons. The fraction of sp³-hybridized carbons (Fsp3) is 0.611. The molecule has 2 aromatic rings. The number of ether oxygens (including phenoxy) is 3. The highest BCUT2D eigenvalue weighted by molar-refractivity contribution is 5.29. The summed E-state index contributed by atoms with van der Waals surface area (Å²) >= 11 is 0. The predicted octanol–water partition coefficient (Wildman–Crippen LogP) is 2.18. The van der Waals surface area contributed by atoms with Crippen molar-refractivity contribution >= 4 is 0 Å². The molecule has 0 radical (unpaired) electrons. The first-order valence-corrected chi connectivity index (χ1v) is 9.02. The van der Waals surface area contributed by atoms with Crippen molar-refractivity contribution in [3.8, 4) is 5.75 Å². The molecular formula is C18H24N4O3. The Morgan fingerprint density at radius 3 is 2.60 bits per heavy atom. The number of nitrogens with zero attached hydrogens (tertiary/aromatic N) is 4. The molecule has 0 amide bonds. The summed E-state index contributed by atoms with van der Waals surface area (Å²) in [5.74, 6) is 2.69. The van der Waals surface area contributed by atoms with Crippen LogP contribution in [0.5, 0.6) is 5.75 Å². The lowest BCUT2D eigenvalue weighted by molar-refractivity contribution is 0.0593. The Balaban J connectivity index is 1.33. The third-order valence-corrected chi connectivity index (χ3v) is 5.03. The van der Waals surface area contributed by atoms with Gasteiger partial charge in [-0.25, -0.2) is 4.68 Å². The first-order valence-electron chi connectivity index (χ1n) is 9.02. The molecule has 1 aromatic carbocycles. The van der Waals surface area contributed by atoms with Crippen molar-refractivity contribution in [1.82, 2.24) is 20.2 Å². The zero-order valence-electron chi connectivity index (χ0n) is 14.3. The van der Waals surface area contributed by atoms with Crippen LogP contribution in [0.3, 0.4) is 0 Å². The number of tetrazole rings is 1. The van der Waals surface area contributed by atoms with Crippen molar-refractivity contribution in [1.29, 1.82) is 0 Å². The molecule has 2 aliphatic heterocycles. The van der Waals surface area contributed by atoms with E-state index < -0.39 is 0 Å². The van der Waals surface area contributed by atoms with E-state index in [2.05, 4.69) is 27.7 Å². The van der Waals surface area contributed by atoms with Gasteiger partial charge in [-0.3, -0.25) is 0 Å². The molecule has 0 aliphatic carbocycles. The third-order valence-electron chi connectivity index (χ3n) is 5.03. The Morgan fingerprint density at radius 1 is 1.04 bits per heavy atom. The van der Waals surface area contributed by atoms with E-state index in [1.54, 1.807) is 0 Å². The zero-order valence-corrected chi connectivity index (χ0v) is 14.3. The molecular weight excluding hydrogens is 320 g/mol. The van der Waals surface area contributed by atoms with Crippen LogP contribution in [0.15, 0.2) is 24.3 Å². The van der Waals surface area contributed by atoms with Gasteiger partial charge in [0.1, 0.15) is 12.4 Å². The maximum Gasteiger partial charge on any atom is 0.189 e. The highest BCUT2D eigenvalue weighted by atomic mass is 16.5. The first kappa shape index (κ1) is 16.5. The Kier molecular flexibility index (Phi) is 5.22. The van der Waals surface area contributed by atoms with E-state index in [0.29, 0.717) is 18.4 Å². The van der Waals surface area contributed by atoms with Crippen LogP contribution in [0.25, 0.3) is 0 Å². The molecule has 1 atom stereocenters. The molecule has 2 fully saturated rings. The summed E-state index contributed by atoms with van der Waals surface area (Å²) in [5, 5.41) is 12.0. The minimum absolute atomic E-state index is 0.377. The van der Waals surface area contributed by atoms with Crippen LogP contribution in [0.2, 0.25) is 0 Å². The van der Waals surface area contributed by atoms with Gasteiger partial charge >= 0.3 is 0 Å². The molecule has 4 rings (SSSR count). The molecule has 0 saturated carbocycles. The summed E-state index contributed by atoms with van der Waals surface area (Å²) in [7, 11) is 0. The lowest BCUT2D eigenvalue weighted by Crippen LogP contribution is -2.22. The molecule has 2 saturated heterocycles. The minimum atomic E-state index is 0.377. The predicted molar refractivity (Wildman–Crippen MR) is 90.3 cm³/mol. The zero-order chi connectivity index (χ0) is 16.9. The van der Waals surface area contributed by atoms with Gasteiger partial charge in [0.25, 0.3) is 0 Å². The second kappa shape index (κ2) is 7.93. The third kappa shape index (κ3) is 4.16. The van der Waals surface area contributed by atoms with Gasteiger partial charge in [-0.2, -0.15) is 0 Å². The van der Waals surface area contributed by atoms with Gasteiger partial charge in [0.15, 0.2) is 5.82 Å². The number of aromatic nitrogens is 4. The van der Waals surface area contributed by atoms with Crippen molar-refractivity contribution in [3.05, 3.63) is 35.7 Å². The van der Waals surface area contributed by atoms with E-state index in [4.69, 9.17) is 14.2 Å². The second-order valence-corrected chi connectivity index (χ2v) is 6.75. The van der Waals surface area contributed by atoms with Gasteiger partial charge in [0, 0.05) is 32.3 Å². The second-order valence-electron chi connectivity index (χ2n) is 6.75. The van der Waals surface area contributed by atoms with Crippen LogP contribution in [0.1, 0.15) is 36.6 Å². The van der Waals surface area contributed by atoms with Crippen LogP contribution in [-0.4, -0.2) is 46.6 Å². The number of hydrogen-bond acceptors (Lipinski definition) is 6. The summed E-state index contributed by atoms with van der Waals surface area (Å²) in [5.41, 5.74) is 1.31. The van der Waals surface area contributed by atoms with Gasteiger partial charge < -0.3 is 14.2 Å². The Labute approximate surface area is 147 Å². The average molecular weight is 344 g/mol. The summed E-state index contributed by atoms with van der Waals surface area (Å²) in [4.78, 5) is 0. The molecule has 25 heavy (non-hydrogen) atoms. The average Bonchev–Trinajstić information content (AvgIpc) is 3.33. The summed E-state index contributed by atoms with van der Waals surface area (Å²) < 4.78 is 18.6. The molecule has 3 heterocycles. The van der Waals surface area contributed by atoms with Gasteiger partial charge in [-0.15, -0.1) is 5.10 Å². The normalized spacial score (nSPS) is 21.5. The first-order chi connectivity index (χ1) is 12.4. The van der Waals surface area contributed by atoms with E-state index in [9.17, 15) is 0 Å². The van der Waals surface area contributed by atoms with Crippen LogP contribution in [0.4, 0.5) is 0 Å². The van der Waals surface area contributed by atoms with Crippen molar-refractivity contribution in [2.45, 2.75) is 38.3 Å². The molecule has 0 bridgehead atoms. The van der Waals surface area contributed by atoms with Gasteiger partial charge in [-0.05, 0) is 53.3 Å². The topological polar surface area (TPSA) is 71.3 Å². The van der Waals surface area contributed by atoms with E-state index in [1.807, 2.05) is 16.8 Å². The summed E-state index contributed by atoms with van der Waals surface area (Å²) in [6.07, 6.45) is 3.22. The highest BCUT2D eigenvalue weighted by Gasteiger charge is 2.19. The molecule has 1 unspecified atom stereocenters. The lowest BCUT2D eigenvalue weighted by Gasteiger charge is -2.21. The Hall–Kier alpha value is -1.99. The standard InChI is InChI=1S/C18H24N4O3/c1-3-17(4-2-15(1)16-7-10-24-12-16)25-13-18-19-20-21-22(18)11-14-5-8-23-9-6-14/h1-4,14,16H,5-13H2. The fourth-order valence-corrected chi connectivity index (χ4v) is 3.42. The maximum atomic E-state index is 5.88. The number of benzene rings is 1. The van der Waals surface area contributed by atoms with Crippen LogP contribution in [0, 0.1) is 5.92 Å². The van der Waals surface area contributed by atoms with Crippen LogP contribution in [-0.2, 0) is 22.6 Å². The molecule has 0 N–H and O–H groups in total. The summed E-state index contributed by atoms with van der Waals surface area (Å²) in [6, 6.07) is 8.28. The monoisotopic (exact) mass is 344 g/mol. The highest BCUT2D eigenvalue weighted by Crippen LogP contribution is 2.26. The largest absolute Gasteiger partial charge is 0.486 e. The smallest absolute Gasteiger partial charge is 0.189 e. The fourth-order valence-electron chi connectivity index (χ4n) is 3.42. The number of hydrogen-bond donors (Lipinski definition) is 0. The van der Waals surface area contributed by atoms with Crippen LogP contribution < -0.4 is 4.74 Å². The molecule has 7 heteroatoms.